The van der Waals surface area contributed by atoms with E-state index in [-0.39, 0.29) is 0 Å². The van der Waals surface area contributed by atoms with Crippen LogP contribution < -0.4 is 4.90 Å². The minimum Gasteiger partial charge on any atom is -0.456 e. The first-order chi connectivity index (χ1) is 28.2. The molecule has 266 valence electrons. The van der Waals surface area contributed by atoms with Crippen molar-refractivity contribution in [2.45, 2.75) is 0 Å². The number of nitrogens with zero attached hydrogens (tertiary/aromatic N) is 4. The van der Waals surface area contributed by atoms with Crippen molar-refractivity contribution >= 4 is 93.1 Å². The standard InChI is InChI=1S/C52H32N4O/c1-2-12-38(13-3-1)56-53-47-28-22-34-18-19-37-30-36(21-25-42(37)51(34)52(47)54-56)41-27-29-48(44-15-7-6-14-43(41)44)55(39-23-20-33-10-4-5-11-35(33)31-39)40-24-26-46-45-16-8-9-17-49(45)57-50(46)32-40/h1-32H. The highest BCUT2D eigenvalue weighted by Crippen LogP contribution is 2.44. The first-order valence-corrected chi connectivity index (χ1v) is 19.2. The van der Waals surface area contributed by atoms with Crippen molar-refractivity contribution in [1.29, 1.82) is 0 Å². The van der Waals surface area contributed by atoms with Crippen LogP contribution >= 0.6 is 0 Å². The van der Waals surface area contributed by atoms with Gasteiger partial charge in [0.1, 0.15) is 22.2 Å². The summed E-state index contributed by atoms with van der Waals surface area (Å²) >= 11 is 0. The van der Waals surface area contributed by atoms with Gasteiger partial charge in [-0.15, -0.1) is 10.2 Å². The summed E-state index contributed by atoms with van der Waals surface area (Å²) in [6, 6.07) is 68.9. The Labute approximate surface area is 327 Å². The molecule has 0 N–H and O–H groups in total. The Bertz CT molecular complexity index is 3550. The van der Waals surface area contributed by atoms with E-state index in [1.807, 2.05) is 42.5 Å². The van der Waals surface area contributed by atoms with Gasteiger partial charge >= 0.3 is 0 Å². The summed E-state index contributed by atoms with van der Waals surface area (Å²) in [7, 11) is 0. The van der Waals surface area contributed by atoms with Crippen molar-refractivity contribution in [1.82, 2.24) is 15.0 Å². The summed E-state index contributed by atoms with van der Waals surface area (Å²) in [5.41, 5.74) is 10.0. The molecule has 0 fully saturated rings. The van der Waals surface area contributed by atoms with Crippen LogP contribution in [0.2, 0.25) is 0 Å². The van der Waals surface area contributed by atoms with Gasteiger partial charge in [-0.25, -0.2) is 0 Å². The molecule has 0 saturated heterocycles. The number of hydrogen-bond acceptors (Lipinski definition) is 4. The number of furan rings is 1. The highest BCUT2D eigenvalue weighted by atomic mass is 16.3. The zero-order chi connectivity index (χ0) is 37.5. The lowest BCUT2D eigenvalue weighted by Gasteiger charge is -2.28. The van der Waals surface area contributed by atoms with E-state index in [9.17, 15) is 0 Å². The molecule has 5 nitrogen and oxygen atoms in total. The van der Waals surface area contributed by atoms with Gasteiger partial charge in [-0.05, 0) is 104 Å². The minimum absolute atomic E-state index is 0.865. The number of rotatable bonds is 5. The summed E-state index contributed by atoms with van der Waals surface area (Å²) in [6.45, 7) is 0. The Hall–Kier alpha value is -7.76. The SMILES string of the molecule is c1ccc(-n2nc3ccc4ccc5cc(-c6ccc(N(c7ccc8ccccc8c7)c7ccc8c(c7)oc7ccccc78)c7ccccc67)ccc5c4c3n2)cc1. The zero-order valence-electron chi connectivity index (χ0n) is 30.7. The van der Waals surface area contributed by atoms with Gasteiger partial charge < -0.3 is 9.32 Å². The van der Waals surface area contributed by atoms with Crippen molar-refractivity contribution in [3.63, 3.8) is 0 Å². The molecule has 0 aliphatic carbocycles. The van der Waals surface area contributed by atoms with Crippen molar-refractivity contribution in [2.24, 2.45) is 0 Å². The topological polar surface area (TPSA) is 47.1 Å². The summed E-state index contributed by atoms with van der Waals surface area (Å²) in [5, 5.41) is 21.4. The first kappa shape index (κ1) is 31.6. The molecular weight excluding hydrogens is 697 g/mol. The molecule has 0 aliphatic heterocycles. The molecule has 10 aromatic carbocycles. The molecule has 0 saturated carbocycles. The first-order valence-electron chi connectivity index (χ1n) is 19.2. The maximum Gasteiger partial charge on any atom is 0.137 e. The van der Waals surface area contributed by atoms with E-state index in [1.165, 1.54) is 21.7 Å². The van der Waals surface area contributed by atoms with Gasteiger partial charge in [-0.2, -0.15) is 4.80 Å². The normalized spacial score (nSPS) is 11.9. The van der Waals surface area contributed by atoms with Crippen molar-refractivity contribution < 1.29 is 4.42 Å². The lowest BCUT2D eigenvalue weighted by Crippen LogP contribution is -2.10. The molecule has 0 bridgehead atoms. The van der Waals surface area contributed by atoms with Crippen molar-refractivity contribution in [3.8, 4) is 16.8 Å². The highest BCUT2D eigenvalue weighted by Gasteiger charge is 2.20. The Morgan fingerprint density at radius 3 is 2.02 bits per heavy atom. The maximum atomic E-state index is 6.42. The van der Waals surface area contributed by atoms with Crippen LogP contribution in [0.4, 0.5) is 17.1 Å². The molecule has 0 aliphatic rings. The summed E-state index contributed by atoms with van der Waals surface area (Å²) in [6.07, 6.45) is 0. The fourth-order valence-electron chi connectivity index (χ4n) is 8.70. The Kier molecular flexibility index (Phi) is 6.86. The quantitative estimate of drug-likeness (QED) is 0.166. The molecule has 12 aromatic rings. The summed E-state index contributed by atoms with van der Waals surface area (Å²) in [4.78, 5) is 4.10. The Morgan fingerprint density at radius 2 is 1.11 bits per heavy atom. The minimum atomic E-state index is 0.865. The van der Waals surface area contributed by atoms with E-state index in [0.29, 0.717) is 0 Å². The number of fused-ring (bicyclic) bond motifs is 10. The van der Waals surface area contributed by atoms with Crippen molar-refractivity contribution in [2.75, 3.05) is 4.90 Å². The average molecular weight is 729 g/mol. The van der Waals surface area contributed by atoms with Crippen LogP contribution in [-0.2, 0) is 0 Å². The van der Waals surface area contributed by atoms with Crippen LogP contribution in [0, 0.1) is 0 Å². The predicted octanol–water partition coefficient (Wildman–Crippen LogP) is 14.1. The molecule has 0 spiro atoms. The molecular formula is C52H32N4O. The van der Waals surface area contributed by atoms with E-state index in [4.69, 9.17) is 14.6 Å². The van der Waals surface area contributed by atoms with Gasteiger partial charge in [-0.1, -0.05) is 127 Å². The number of anilines is 3. The molecule has 0 unspecified atom stereocenters. The van der Waals surface area contributed by atoms with Gasteiger partial charge in [-0.3, -0.25) is 0 Å². The van der Waals surface area contributed by atoms with Gasteiger partial charge in [0.2, 0.25) is 0 Å². The maximum absolute atomic E-state index is 6.42. The van der Waals surface area contributed by atoms with E-state index < -0.39 is 0 Å². The molecule has 0 radical (unpaired) electrons. The van der Waals surface area contributed by atoms with Gasteiger partial charge in [0, 0.05) is 39.0 Å². The van der Waals surface area contributed by atoms with Gasteiger partial charge in [0.15, 0.2) is 0 Å². The fraction of sp³-hybridized carbons (Fsp3) is 0. The Balaban J connectivity index is 1.03. The molecule has 57 heavy (non-hydrogen) atoms. The van der Waals surface area contributed by atoms with Crippen LogP contribution in [0.1, 0.15) is 0 Å². The van der Waals surface area contributed by atoms with Gasteiger partial charge in [0.05, 0.1) is 11.4 Å². The lowest BCUT2D eigenvalue weighted by molar-refractivity contribution is 0.669. The van der Waals surface area contributed by atoms with E-state index in [0.717, 1.165) is 88.2 Å². The molecule has 0 atom stereocenters. The largest absolute Gasteiger partial charge is 0.456 e. The number of para-hydroxylation sites is 2. The van der Waals surface area contributed by atoms with Crippen LogP contribution in [0.25, 0.3) is 92.9 Å². The van der Waals surface area contributed by atoms with Crippen LogP contribution in [0.15, 0.2) is 199 Å². The second-order valence-corrected chi connectivity index (χ2v) is 14.7. The molecule has 2 heterocycles. The number of hydrogen-bond donors (Lipinski definition) is 0. The van der Waals surface area contributed by atoms with Crippen LogP contribution in [0.5, 0.6) is 0 Å². The van der Waals surface area contributed by atoms with Crippen molar-refractivity contribution in [3.05, 3.63) is 194 Å². The monoisotopic (exact) mass is 728 g/mol. The zero-order valence-corrected chi connectivity index (χ0v) is 30.7. The third-order valence-electron chi connectivity index (χ3n) is 11.4. The molecule has 2 aromatic heterocycles. The van der Waals surface area contributed by atoms with Crippen LogP contribution in [0.3, 0.4) is 0 Å². The average Bonchev–Trinajstić information content (AvgIpc) is 3.88. The summed E-state index contributed by atoms with van der Waals surface area (Å²) < 4.78 is 6.42. The lowest BCUT2D eigenvalue weighted by atomic mass is 9.93. The predicted molar refractivity (Wildman–Crippen MR) is 236 cm³/mol. The second-order valence-electron chi connectivity index (χ2n) is 14.7. The second kappa shape index (κ2) is 12.4. The van der Waals surface area contributed by atoms with E-state index in [2.05, 4.69) is 157 Å². The molecule has 0 amide bonds. The fourth-order valence-corrected chi connectivity index (χ4v) is 8.70. The Morgan fingerprint density at radius 1 is 0.421 bits per heavy atom. The highest BCUT2D eigenvalue weighted by molar-refractivity contribution is 6.19. The van der Waals surface area contributed by atoms with Crippen LogP contribution in [-0.4, -0.2) is 15.0 Å². The molecule has 5 heteroatoms. The summed E-state index contributed by atoms with van der Waals surface area (Å²) in [5.74, 6) is 0. The molecule has 12 rings (SSSR count). The third kappa shape index (κ3) is 5.03. The smallest absolute Gasteiger partial charge is 0.137 e. The third-order valence-corrected chi connectivity index (χ3v) is 11.4. The number of benzene rings is 10. The van der Waals surface area contributed by atoms with E-state index >= 15 is 0 Å². The van der Waals surface area contributed by atoms with Gasteiger partial charge in [0.25, 0.3) is 0 Å². The van der Waals surface area contributed by atoms with E-state index in [1.54, 1.807) is 4.80 Å². The number of aromatic nitrogens is 3.